The van der Waals surface area contributed by atoms with Gasteiger partial charge in [-0.25, -0.2) is 0 Å². The zero-order valence-corrected chi connectivity index (χ0v) is 31.0. The molecular weight excluding hydrogens is 675 g/mol. The minimum atomic E-state index is 0.0619. The van der Waals surface area contributed by atoms with Gasteiger partial charge in [0.2, 0.25) is 11.9 Å². The van der Waals surface area contributed by atoms with E-state index in [1.165, 1.54) is 11.5 Å². The third kappa shape index (κ3) is 8.83. The van der Waals surface area contributed by atoms with E-state index in [1.807, 2.05) is 36.4 Å². The van der Waals surface area contributed by atoms with E-state index in [4.69, 9.17) is 20.7 Å². The number of nitrogens with two attached hydrogens (primary N) is 1. The Hall–Kier alpha value is -4.34. The molecule has 2 heterocycles. The van der Waals surface area contributed by atoms with Gasteiger partial charge in [0.1, 0.15) is 11.4 Å². The first kappa shape index (κ1) is 36.0. The third-order valence-electron chi connectivity index (χ3n) is 7.91. The highest BCUT2D eigenvalue weighted by Gasteiger charge is 2.15. The second-order valence-corrected chi connectivity index (χ2v) is 13.4. The van der Waals surface area contributed by atoms with Crippen LogP contribution in [0.4, 0.5) is 51.0 Å². The number of benzene rings is 3. The minimum Gasteiger partial charge on any atom is -0.507 e. The zero-order chi connectivity index (χ0) is 34.9. The van der Waals surface area contributed by atoms with E-state index in [1.54, 1.807) is 23.9 Å². The zero-order valence-electron chi connectivity index (χ0n) is 28.4. The van der Waals surface area contributed by atoms with Gasteiger partial charge in [-0.1, -0.05) is 25.1 Å². The lowest BCUT2D eigenvalue weighted by Gasteiger charge is -2.22. The molecule has 0 aliphatic heterocycles. The summed E-state index contributed by atoms with van der Waals surface area (Å²) in [5.41, 5.74) is 11.8. The van der Waals surface area contributed by atoms with Crippen LogP contribution in [0.15, 0.2) is 68.8 Å². The van der Waals surface area contributed by atoms with Crippen molar-refractivity contribution in [3.63, 3.8) is 0 Å². The first-order chi connectivity index (χ1) is 23.8. The Labute approximate surface area is 301 Å². The molecule has 3 aromatic carbocycles. The summed E-state index contributed by atoms with van der Waals surface area (Å²) < 4.78 is 4.46. The highest BCUT2D eigenvalue weighted by Crippen LogP contribution is 2.39. The van der Waals surface area contributed by atoms with Gasteiger partial charge in [0.15, 0.2) is 10.2 Å². The van der Waals surface area contributed by atoms with Gasteiger partial charge in [0, 0.05) is 53.6 Å². The highest BCUT2D eigenvalue weighted by atomic mass is 32.2. The van der Waals surface area contributed by atoms with Crippen molar-refractivity contribution in [3.05, 3.63) is 48.5 Å². The molecule has 0 saturated heterocycles. The number of anilines is 7. The molecule has 0 aliphatic carbocycles. The Morgan fingerprint density at radius 1 is 0.837 bits per heavy atom. The number of hydrogen-bond acceptors (Lipinski definition) is 15. The number of hydrogen-bond donors (Lipinski definition) is 5. The molecule has 258 valence electrons. The summed E-state index contributed by atoms with van der Waals surface area (Å²) in [6.45, 7) is 14.1. The summed E-state index contributed by atoms with van der Waals surface area (Å²) in [6.07, 6.45) is 2.11. The molecule has 2 aromatic heterocycles. The van der Waals surface area contributed by atoms with Gasteiger partial charge < -0.3 is 31.3 Å². The van der Waals surface area contributed by atoms with E-state index in [0.717, 1.165) is 61.8 Å². The maximum atomic E-state index is 10.2. The molecule has 12 nitrogen and oxygen atoms in total. The molecule has 5 aromatic rings. The standard InChI is InChI=1S/C34H43N11OS3/c1-6-11-16-48-34-39-32(36-27-17-21(12-14-24(27)35)44(7-2)8-3)38-33(40-34)37-28-18-22(45(9-4)10-5)13-15-25(28)41-42-31-23-19-29(46)30(47)20-26(23)43-49-31/h12-15,17-20,46-47H,6-11,16,35H2,1-5H3,(H2,36,37,38,39,40). The van der Waals surface area contributed by atoms with E-state index >= 15 is 0 Å². The first-order valence-electron chi connectivity index (χ1n) is 16.5. The minimum absolute atomic E-state index is 0.0619. The van der Waals surface area contributed by atoms with Crippen LogP contribution in [0.2, 0.25) is 0 Å². The number of nitrogens with one attached hydrogen (secondary N) is 2. The fraction of sp³-hybridized carbons (Fsp3) is 0.353. The van der Waals surface area contributed by atoms with Gasteiger partial charge in [-0.15, -0.1) is 22.9 Å². The Kier molecular flexibility index (Phi) is 12.4. The predicted molar refractivity (Wildman–Crippen MR) is 209 cm³/mol. The molecule has 5 N–H and O–H groups in total. The number of phenolic OH excluding ortho intramolecular Hbond substituents is 1. The van der Waals surface area contributed by atoms with E-state index in [2.05, 4.69) is 82.3 Å². The maximum Gasteiger partial charge on any atom is 0.233 e. The lowest BCUT2D eigenvalue weighted by Crippen LogP contribution is -2.21. The van der Waals surface area contributed by atoms with Gasteiger partial charge in [-0.3, -0.25) is 0 Å². The number of thiol groups is 1. The van der Waals surface area contributed by atoms with Gasteiger partial charge in [-0.2, -0.15) is 19.3 Å². The summed E-state index contributed by atoms with van der Waals surface area (Å²) in [5.74, 6) is 1.68. The number of aromatic nitrogens is 4. The van der Waals surface area contributed by atoms with Crippen molar-refractivity contribution in [1.82, 2.24) is 19.3 Å². The van der Waals surface area contributed by atoms with Gasteiger partial charge in [-0.05, 0) is 94.2 Å². The van der Waals surface area contributed by atoms with E-state index < -0.39 is 0 Å². The molecule has 0 bridgehead atoms. The van der Waals surface area contributed by atoms with Crippen molar-refractivity contribution in [2.75, 3.05) is 58.1 Å². The second-order valence-electron chi connectivity index (χ2n) is 11.1. The Morgan fingerprint density at radius 2 is 1.47 bits per heavy atom. The second kappa shape index (κ2) is 16.9. The van der Waals surface area contributed by atoms with Crippen molar-refractivity contribution in [1.29, 1.82) is 0 Å². The number of nitrogens with zero attached hydrogens (tertiary/aromatic N) is 8. The van der Waals surface area contributed by atoms with Crippen LogP contribution in [-0.2, 0) is 0 Å². The normalized spacial score (nSPS) is 11.4. The molecule has 0 saturated carbocycles. The summed E-state index contributed by atoms with van der Waals surface area (Å²) in [4.78, 5) is 19.3. The van der Waals surface area contributed by atoms with Gasteiger partial charge >= 0.3 is 0 Å². The van der Waals surface area contributed by atoms with Gasteiger partial charge in [0.25, 0.3) is 0 Å². The Morgan fingerprint density at radius 3 is 2.12 bits per heavy atom. The fourth-order valence-electron chi connectivity index (χ4n) is 5.14. The van der Waals surface area contributed by atoms with E-state index in [0.29, 0.717) is 54.9 Å². The van der Waals surface area contributed by atoms with Crippen molar-refractivity contribution in [2.45, 2.75) is 57.5 Å². The van der Waals surface area contributed by atoms with Crippen LogP contribution in [0.25, 0.3) is 10.9 Å². The van der Waals surface area contributed by atoms with Crippen molar-refractivity contribution < 1.29 is 5.11 Å². The molecule has 5 rings (SSSR count). The molecule has 15 heteroatoms. The van der Waals surface area contributed by atoms with Crippen LogP contribution in [-0.4, -0.2) is 56.4 Å². The van der Waals surface area contributed by atoms with Crippen LogP contribution < -0.4 is 26.2 Å². The summed E-state index contributed by atoms with van der Waals surface area (Å²) in [5, 5.41) is 28.1. The topological polar surface area (TPSA) is 153 Å². The molecule has 0 fully saturated rings. The quantitative estimate of drug-likeness (QED) is 0.0218. The Balaban J connectivity index is 1.53. The van der Waals surface area contributed by atoms with E-state index in [-0.39, 0.29) is 5.75 Å². The lowest BCUT2D eigenvalue weighted by atomic mass is 10.2. The molecule has 0 radical (unpaired) electrons. The van der Waals surface area contributed by atoms with Crippen molar-refractivity contribution >= 4 is 97.8 Å². The van der Waals surface area contributed by atoms with Crippen molar-refractivity contribution in [3.8, 4) is 5.75 Å². The fourth-order valence-corrected chi connectivity index (χ4v) is 6.92. The predicted octanol–water partition coefficient (Wildman–Crippen LogP) is 9.54. The number of aromatic hydroxyl groups is 1. The molecule has 0 aliphatic rings. The number of fused-ring (bicyclic) bond motifs is 1. The summed E-state index contributed by atoms with van der Waals surface area (Å²) >= 11 is 7.09. The molecule has 0 amide bonds. The van der Waals surface area contributed by atoms with Crippen LogP contribution in [0.1, 0.15) is 47.5 Å². The molecular formula is C34H43N11OS3. The molecule has 0 spiro atoms. The number of thioether (sulfide) groups is 1. The number of rotatable bonds is 16. The first-order valence-corrected chi connectivity index (χ1v) is 18.7. The number of unbranched alkanes of at least 4 members (excludes halogenated alkanes) is 1. The van der Waals surface area contributed by atoms with Gasteiger partial charge in [0.05, 0.1) is 22.6 Å². The van der Waals surface area contributed by atoms with E-state index in [9.17, 15) is 5.11 Å². The van der Waals surface area contributed by atoms with Crippen LogP contribution in [0, 0.1) is 0 Å². The largest absolute Gasteiger partial charge is 0.507 e. The summed E-state index contributed by atoms with van der Waals surface area (Å²) in [7, 11) is 0. The highest BCUT2D eigenvalue weighted by molar-refractivity contribution is 7.99. The van der Waals surface area contributed by atoms with Crippen LogP contribution in [0.5, 0.6) is 5.75 Å². The Bertz CT molecular complexity index is 1910. The molecule has 0 unspecified atom stereocenters. The smallest absolute Gasteiger partial charge is 0.233 e. The van der Waals surface area contributed by atoms with Crippen LogP contribution >= 0.6 is 35.9 Å². The molecule has 49 heavy (non-hydrogen) atoms. The summed E-state index contributed by atoms with van der Waals surface area (Å²) in [6, 6.07) is 15.2. The number of nitrogen functional groups attached to an aromatic ring is 1. The van der Waals surface area contributed by atoms with Crippen molar-refractivity contribution in [2.24, 2.45) is 10.2 Å². The molecule has 0 atom stereocenters. The average molecular weight is 718 g/mol. The monoisotopic (exact) mass is 717 g/mol. The van der Waals surface area contributed by atoms with Crippen LogP contribution in [0.3, 0.4) is 0 Å². The lowest BCUT2D eigenvalue weighted by molar-refractivity contribution is 0.464. The number of phenols is 1. The maximum absolute atomic E-state index is 10.2. The number of azo groups is 1. The third-order valence-corrected chi connectivity index (χ3v) is 9.97. The average Bonchev–Trinajstić information content (AvgIpc) is 3.48. The SMILES string of the molecule is CCCCSc1nc(Nc2cc(N(CC)CC)ccc2N)nc(Nc2cc(N(CC)CC)ccc2N=Nc2snc3cc(S)c(O)cc23)n1.